The molecule has 6 nitrogen and oxygen atoms in total. The number of fused-ring (bicyclic) bond motifs is 1. The van der Waals surface area contributed by atoms with Gasteiger partial charge in [0.1, 0.15) is 11.8 Å². The quantitative estimate of drug-likeness (QED) is 0.865. The fourth-order valence-corrected chi connectivity index (χ4v) is 2.69. The van der Waals surface area contributed by atoms with Crippen molar-refractivity contribution in [3.8, 4) is 0 Å². The van der Waals surface area contributed by atoms with Crippen LogP contribution in [0.3, 0.4) is 0 Å². The first-order chi connectivity index (χ1) is 9.79. The molecule has 2 N–H and O–H groups in total. The van der Waals surface area contributed by atoms with Gasteiger partial charge in [0.2, 0.25) is 0 Å². The van der Waals surface area contributed by atoms with Gasteiger partial charge >= 0.3 is 0 Å². The highest BCUT2D eigenvalue weighted by Crippen LogP contribution is 2.27. The molecule has 0 saturated heterocycles. The van der Waals surface area contributed by atoms with Crippen molar-refractivity contribution in [2.24, 2.45) is 0 Å². The second-order valence-electron chi connectivity index (χ2n) is 5.11. The van der Waals surface area contributed by atoms with Crippen molar-refractivity contribution in [1.82, 2.24) is 19.5 Å². The number of nitrogens with zero attached hydrogens (tertiary/aromatic N) is 4. The third-order valence-corrected chi connectivity index (χ3v) is 3.75. The molecule has 1 fully saturated rings. The summed E-state index contributed by atoms with van der Waals surface area (Å²) in [4.78, 5) is 12.5. The molecular formula is C14H19N5O. The summed E-state index contributed by atoms with van der Waals surface area (Å²) in [5, 5.41) is 0. The number of hydrogen-bond acceptors (Lipinski definition) is 5. The van der Waals surface area contributed by atoms with Crippen molar-refractivity contribution >= 4 is 17.0 Å². The van der Waals surface area contributed by atoms with Crippen LogP contribution in [0.15, 0.2) is 25.3 Å². The highest BCUT2D eigenvalue weighted by atomic mass is 16.5. The summed E-state index contributed by atoms with van der Waals surface area (Å²) in [6, 6.07) is 0. The van der Waals surface area contributed by atoms with E-state index in [4.69, 9.17) is 10.5 Å². The Hall–Kier alpha value is -1.95. The zero-order valence-corrected chi connectivity index (χ0v) is 11.4. The fraction of sp³-hybridized carbons (Fsp3) is 0.500. The topological polar surface area (TPSA) is 78.9 Å². The van der Waals surface area contributed by atoms with Crippen LogP contribution in [0.4, 0.5) is 5.82 Å². The van der Waals surface area contributed by atoms with Crippen molar-refractivity contribution in [1.29, 1.82) is 0 Å². The smallest absolute Gasteiger partial charge is 0.167 e. The van der Waals surface area contributed by atoms with Crippen molar-refractivity contribution in [2.45, 2.75) is 44.4 Å². The number of nitrogen functional groups attached to an aromatic ring is 1. The Morgan fingerprint density at radius 3 is 2.85 bits per heavy atom. The molecule has 6 heteroatoms. The molecule has 0 spiro atoms. The molecule has 106 valence electrons. The van der Waals surface area contributed by atoms with Gasteiger partial charge in [-0.3, -0.25) is 4.57 Å². The maximum absolute atomic E-state index is 6.14. The van der Waals surface area contributed by atoms with Crippen LogP contribution in [-0.2, 0) is 4.74 Å². The van der Waals surface area contributed by atoms with E-state index in [1.807, 2.05) is 4.57 Å². The maximum atomic E-state index is 6.14. The van der Waals surface area contributed by atoms with Crippen LogP contribution < -0.4 is 5.73 Å². The Kier molecular flexibility index (Phi) is 3.64. The van der Waals surface area contributed by atoms with Crippen molar-refractivity contribution < 1.29 is 4.74 Å². The first-order valence-electron chi connectivity index (χ1n) is 7.00. The van der Waals surface area contributed by atoms with Crippen LogP contribution in [0.1, 0.15) is 38.3 Å². The molecule has 1 aliphatic rings. The summed E-state index contributed by atoms with van der Waals surface area (Å²) in [6.07, 6.45) is 10.9. The fourth-order valence-electron chi connectivity index (χ4n) is 2.69. The highest BCUT2D eigenvalue weighted by molar-refractivity contribution is 5.81. The maximum Gasteiger partial charge on any atom is 0.167 e. The summed E-state index contributed by atoms with van der Waals surface area (Å²) in [7, 11) is 0. The molecule has 0 unspecified atom stereocenters. The number of imidazole rings is 1. The van der Waals surface area contributed by atoms with Crippen LogP contribution in [0.2, 0.25) is 0 Å². The highest BCUT2D eigenvalue weighted by Gasteiger charge is 2.20. The lowest BCUT2D eigenvalue weighted by Crippen LogP contribution is -2.22. The number of rotatable bonds is 4. The van der Waals surface area contributed by atoms with E-state index in [0.717, 1.165) is 12.8 Å². The minimum Gasteiger partial charge on any atom is -0.382 e. The minimum absolute atomic E-state index is 0.266. The third-order valence-electron chi connectivity index (χ3n) is 3.75. The molecule has 0 radical (unpaired) electrons. The zero-order valence-electron chi connectivity index (χ0n) is 11.4. The van der Waals surface area contributed by atoms with Crippen LogP contribution in [-0.4, -0.2) is 25.6 Å². The Morgan fingerprint density at radius 1 is 1.30 bits per heavy atom. The van der Waals surface area contributed by atoms with Crippen LogP contribution in [0.5, 0.6) is 0 Å². The molecule has 0 aromatic carbocycles. The van der Waals surface area contributed by atoms with E-state index in [2.05, 4.69) is 21.5 Å². The molecule has 0 amide bonds. The Bertz CT molecular complexity index is 603. The predicted molar refractivity (Wildman–Crippen MR) is 76.9 cm³/mol. The second-order valence-corrected chi connectivity index (χ2v) is 5.11. The van der Waals surface area contributed by atoms with Gasteiger partial charge in [0.05, 0.1) is 12.4 Å². The SMILES string of the molecule is C=C[C@H](OC1CCCCC1)n1cnc2c(N)ncnc21. The Balaban J connectivity index is 1.87. The molecule has 2 aromatic rings. The summed E-state index contributed by atoms with van der Waals surface area (Å²) in [5.41, 5.74) is 7.08. The molecule has 2 aromatic heterocycles. The average molecular weight is 273 g/mol. The summed E-state index contributed by atoms with van der Waals surface area (Å²) >= 11 is 0. The van der Waals surface area contributed by atoms with E-state index < -0.39 is 0 Å². The standard InChI is InChI=1S/C14H19N5O/c1-2-11(20-10-6-4-3-5-7-10)19-9-18-12-13(15)16-8-17-14(12)19/h2,8-11H,1,3-7H2,(H2,15,16,17)/t11-/m0/s1. The van der Waals surface area contributed by atoms with Gasteiger partial charge in [0.25, 0.3) is 0 Å². The van der Waals surface area contributed by atoms with E-state index in [-0.39, 0.29) is 12.3 Å². The van der Waals surface area contributed by atoms with Gasteiger partial charge in [0.15, 0.2) is 17.7 Å². The molecule has 20 heavy (non-hydrogen) atoms. The third kappa shape index (κ3) is 2.38. The molecule has 3 rings (SSSR count). The number of hydrogen-bond donors (Lipinski definition) is 1. The largest absolute Gasteiger partial charge is 0.382 e. The van der Waals surface area contributed by atoms with Gasteiger partial charge in [-0.2, -0.15) is 0 Å². The molecule has 0 aliphatic heterocycles. The van der Waals surface area contributed by atoms with E-state index in [9.17, 15) is 0 Å². The molecule has 0 bridgehead atoms. The Morgan fingerprint density at radius 2 is 2.10 bits per heavy atom. The van der Waals surface area contributed by atoms with Gasteiger partial charge < -0.3 is 10.5 Å². The van der Waals surface area contributed by atoms with Gasteiger partial charge in [-0.05, 0) is 18.9 Å². The van der Waals surface area contributed by atoms with E-state index >= 15 is 0 Å². The van der Waals surface area contributed by atoms with Crippen molar-refractivity contribution in [3.05, 3.63) is 25.3 Å². The van der Waals surface area contributed by atoms with Gasteiger partial charge in [-0.15, -0.1) is 0 Å². The molecule has 2 heterocycles. The van der Waals surface area contributed by atoms with E-state index in [0.29, 0.717) is 17.0 Å². The molecule has 1 aliphatic carbocycles. The lowest BCUT2D eigenvalue weighted by molar-refractivity contribution is -0.0400. The number of aromatic nitrogens is 4. The first-order valence-corrected chi connectivity index (χ1v) is 7.00. The second kappa shape index (κ2) is 5.58. The zero-order chi connectivity index (χ0) is 13.9. The van der Waals surface area contributed by atoms with E-state index in [1.54, 1.807) is 12.4 Å². The summed E-state index contributed by atoms with van der Waals surface area (Å²) in [5.74, 6) is 0.384. The molecule has 1 saturated carbocycles. The normalized spacial score (nSPS) is 18.2. The Labute approximate surface area is 117 Å². The van der Waals surface area contributed by atoms with Crippen molar-refractivity contribution in [2.75, 3.05) is 5.73 Å². The van der Waals surface area contributed by atoms with Crippen molar-refractivity contribution in [3.63, 3.8) is 0 Å². The lowest BCUT2D eigenvalue weighted by Gasteiger charge is -2.26. The predicted octanol–water partition coefficient (Wildman–Crippen LogP) is 2.44. The van der Waals surface area contributed by atoms with Crippen LogP contribution >= 0.6 is 0 Å². The lowest BCUT2D eigenvalue weighted by atomic mass is 9.98. The number of ether oxygens (including phenoxy) is 1. The van der Waals surface area contributed by atoms with Gasteiger partial charge in [0, 0.05) is 0 Å². The molecule has 1 atom stereocenters. The minimum atomic E-state index is -0.266. The van der Waals surface area contributed by atoms with Gasteiger partial charge in [-0.1, -0.05) is 25.8 Å². The van der Waals surface area contributed by atoms with Gasteiger partial charge in [-0.25, -0.2) is 15.0 Å². The molecular weight excluding hydrogens is 254 g/mol. The monoisotopic (exact) mass is 273 g/mol. The first kappa shape index (κ1) is 13.1. The summed E-state index contributed by atoms with van der Waals surface area (Å²) < 4.78 is 7.99. The number of nitrogens with two attached hydrogens (primary N) is 1. The van der Waals surface area contributed by atoms with E-state index in [1.165, 1.54) is 25.6 Å². The average Bonchev–Trinajstić information content (AvgIpc) is 2.91. The summed E-state index contributed by atoms with van der Waals surface area (Å²) in [6.45, 7) is 3.86. The van der Waals surface area contributed by atoms with Crippen LogP contribution in [0, 0.1) is 0 Å². The van der Waals surface area contributed by atoms with Crippen LogP contribution in [0.25, 0.3) is 11.2 Å². The number of anilines is 1.